The van der Waals surface area contributed by atoms with E-state index in [-0.39, 0.29) is 0 Å². The molecule has 0 amide bonds. The Bertz CT molecular complexity index is 311. The fraction of sp³-hybridized carbons (Fsp3) is 0.222. The van der Waals surface area contributed by atoms with Crippen LogP contribution in [0.15, 0.2) is 24.3 Å². The summed E-state index contributed by atoms with van der Waals surface area (Å²) in [6, 6.07) is 7.44. The van der Waals surface area contributed by atoms with Crippen LogP contribution in [-0.2, 0) is 4.79 Å². The number of rotatable bonds is 3. The zero-order valence-corrected chi connectivity index (χ0v) is 10.0. The Kier molecular flexibility index (Phi) is 3.59. The molecule has 1 atom stereocenters. The van der Waals surface area contributed by atoms with Gasteiger partial charge in [0.25, 0.3) is 0 Å². The van der Waals surface area contributed by atoms with Crippen molar-refractivity contribution in [2.24, 2.45) is 0 Å². The van der Waals surface area contributed by atoms with E-state index < -0.39 is 12.1 Å². The number of carbonyl (C=O) groups is 1. The summed E-state index contributed by atoms with van der Waals surface area (Å²) in [7, 11) is 0. The van der Waals surface area contributed by atoms with Crippen LogP contribution in [0.1, 0.15) is 6.92 Å². The minimum absolute atomic E-state index is 0.663. The average Bonchev–Trinajstić information content (AvgIpc) is 2.08. The normalized spacial score (nSPS) is 12.2. The molecular weight excluding hydrogens is 275 g/mol. The third kappa shape index (κ3) is 2.91. The molecule has 0 saturated heterocycles. The fourth-order valence-electron chi connectivity index (χ4n) is 0.810. The molecule has 0 saturated carbocycles. The predicted molar refractivity (Wildman–Crippen MR) is 49.6 cm³/mol. The number of para-hydroxylation sites is 1. The monoisotopic (exact) mass is 285 g/mol. The third-order valence-electron chi connectivity index (χ3n) is 1.54. The van der Waals surface area contributed by atoms with Crippen LogP contribution in [0, 0.1) is 0 Å². The first-order valence-electron chi connectivity index (χ1n) is 3.81. The molecule has 0 spiro atoms. The van der Waals surface area contributed by atoms with Crippen molar-refractivity contribution in [3.63, 3.8) is 0 Å². The van der Waals surface area contributed by atoms with Crippen molar-refractivity contribution in [3.05, 3.63) is 24.3 Å². The zero-order valence-electron chi connectivity index (χ0n) is 7.15. The van der Waals surface area contributed by atoms with Crippen molar-refractivity contribution >= 4 is 32.1 Å². The Morgan fingerprint density at radius 2 is 2.15 bits per heavy atom. The van der Waals surface area contributed by atoms with Crippen LogP contribution in [-0.4, -0.2) is 39.7 Å². The van der Waals surface area contributed by atoms with Crippen LogP contribution in [0.25, 0.3) is 0 Å². The summed E-state index contributed by atoms with van der Waals surface area (Å²) in [6.07, 6.45) is -0.790. The number of carboxylic acid groups (broad SMARTS) is 1. The van der Waals surface area contributed by atoms with E-state index in [0.717, 1.165) is 3.58 Å². The van der Waals surface area contributed by atoms with Gasteiger partial charge in [0.1, 0.15) is 0 Å². The number of hydrogen-bond acceptors (Lipinski definition) is 2. The standard InChI is InChI=1S/C9H9O3.Sn/c1-7(9(10)11)12-8-5-3-2-4-6-8;/h2-5,7H,1H3,(H,10,11);. The molecule has 67 valence electrons. The molecule has 0 bridgehead atoms. The van der Waals surface area contributed by atoms with E-state index in [1.165, 1.54) is 29.4 Å². The Morgan fingerprint density at radius 1 is 1.54 bits per heavy atom. The van der Waals surface area contributed by atoms with Gasteiger partial charge in [-0.1, -0.05) is 0 Å². The molecule has 1 aromatic carbocycles. The Balaban J connectivity index is 2.74. The first-order valence-corrected chi connectivity index (χ1v) is 5.24. The first kappa shape index (κ1) is 10.4. The molecule has 0 heterocycles. The van der Waals surface area contributed by atoms with Gasteiger partial charge in [0.15, 0.2) is 0 Å². The number of aliphatic carboxylic acids is 1. The molecule has 4 heteroatoms. The van der Waals surface area contributed by atoms with E-state index in [0.29, 0.717) is 5.75 Å². The number of ether oxygens (including phenoxy) is 1. The molecule has 1 rings (SSSR count). The van der Waals surface area contributed by atoms with Crippen LogP contribution >= 0.6 is 0 Å². The maximum absolute atomic E-state index is 10.5. The topological polar surface area (TPSA) is 46.5 Å². The third-order valence-corrected chi connectivity index (χ3v) is 2.72. The van der Waals surface area contributed by atoms with E-state index in [1.807, 2.05) is 18.2 Å². The second-order valence-electron chi connectivity index (χ2n) is 2.59. The second kappa shape index (κ2) is 4.50. The van der Waals surface area contributed by atoms with Crippen LogP contribution in [0.2, 0.25) is 0 Å². The number of carboxylic acids is 1. The Labute approximate surface area is 89.8 Å². The van der Waals surface area contributed by atoms with Crippen molar-refractivity contribution in [1.29, 1.82) is 0 Å². The summed E-state index contributed by atoms with van der Waals surface area (Å²) in [4.78, 5) is 10.5. The molecule has 3 nitrogen and oxygen atoms in total. The molecule has 0 aromatic heterocycles. The zero-order chi connectivity index (χ0) is 9.84. The number of benzene rings is 1. The summed E-state index contributed by atoms with van der Waals surface area (Å²) in [6.45, 7) is 1.52. The van der Waals surface area contributed by atoms with E-state index in [4.69, 9.17) is 9.84 Å². The minimum atomic E-state index is -0.945. The molecule has 0 aliphatic heterocycles. The quantitative estimate of drug-likeness (QED) is 0.814. The fourth-order valence-corrected chi connectivity index (χ4v) is 1.49. The van der Waals surface area contributed by atoms with Gasteiger partial charge in [0.2, 0.25) is 0 Å². The molecule has 13 heavy (non-hydrogen) atoms. The second-order valence-corrected chi connectivity index (χ2v) is 4.13. The van der Waals surface area contributed by atoms with E-state index in [9.17, 15) is 4.79 Å². The van der Waals surface area contributed by atoms with Gasteiger partial charge in [-0.2, -0.15) is 0 Å². The molecule has 1 aromatic rings. The van der Waals surface area contributed by atoms with Gasteiger partial charge < -0.3 is 0 Å². The SMILES string of the molecule is CC(Oc1cccc[c]1[Sn])C(=O)O. The summed E-state index contributed by atoms with van der Waals surface area (Å²) in [5.41, 5.74) is 0. The van der Waals surface area contributed by atoms with Crippen molar-refractivity contribution < 1.29 is 14.6 Å². The van der Waals surface area contributed by atoms with Gasteiger partial charge >= 0.3 is 89.8 Å². The van der Waals surface area contributed by atoms with E-state index in [2.05, 4.69) is 0 Å². The first-order chi connectivity index (χ1) is 6.11. The molecular formula is C9H9O3Sn. The van der Waals surface area contributed by atoms with Gasteiger partial charge in [0.05, 0.1) is 0 Å². The van der Waals surface area contributed by atoms with Gasteiger partial charge in [-0.05, 0) is 0 Å². The Morgan fingerprint density at radius 3 is 2.69 bits per heavy atom. The molecule has 0 aliphatic carbocycles. The van der Waals surface area contributed by atoms with Gasteiger partial charge in [-0.25, -0.2) is 0 Å². The van der Waals surface area contributed by atoms with Crippen LogP contribution in [0.4, 0.5) is 0 Å². The van der Waals surface area contributed by atoms with Gasteiger partial charge in [-0.15, -0.1) is 0 Å². The Hall–Kier alpha value is -0.711. The maximum atomic E-state index is 10.5. The van der Waals surface area contributed by atoms with Crippen molar-refractivity contribution in [1.82, 2.24) is 0 Å². The number of hydrogen-bond donors (Lipinski definition) is 1. The molecule has 1 unspecified atom stereocenters. The average molecular weight is 284 g/mol. The molecule has 0 aliphatic rings. The summed E-state index contributed by atoms with van der Waals surface area (Å²) in [5.74, 6) is -0.283. The summed E-state index contributed by atoms with van der Waals surface area (Å²) in [5, 5.41) is 8.62. The van der Waals surface area contributed by atoms with Crippen LogP contribution in [0.3, 0.4) is 0 Å². The predicted octanol–water partition coefficient (Wildman–Crippen LogP) is 0.332. The van der Waals surface area contributed by atoms with Crippen LogP contribution in [0.5, 0.6) is 5.75 Å². The van der Waals surface area contributed by atoms with Gasteiger partial charge in [0, 0.05) is 0 Å². The molecule has 0 fully saturated rings. The van der Waals surface area contributed by atoms with E-state index in [1.54, 1.807) is 6.07 Å². The summed E-state index contributed by atoms with van der Waals surface area (Å²) >= 11 is 1.22. The molecule has 3 radical (unpaired) electrons. The summed E-state index contributed by atoms with van der Waals surface area (Å²) < 4.78 is 6.26. The van der Waals surface area contributed by atoms with Crippen molar-refractivity contribution in [2.45, 2.75) is 13.0 Å². The van der Waals surface area contributed by atoms with Gasteiger partial charge in [-0.3, -0.25) is 0 Å². The van der Waals surface area contributed by atoms with Crippen molar-refractivity contribution in [3.8, 4) is 5.75 Å². The van der Waals surface area contributed by atoms with Crippen LogP contribution < -0.4 is 8.32 Å². The molecule has 1 N–H and O–H groups in total. The van der Waals surface area contributed by atoms with Crippen molar-refractivity contribution in [2.75, 3.05) is 0 Å². The van der Waals surface area contributed by atoms with E-state index >= 15 is 0 Å².